The molecule has 0 bridgehead atoms. The van der Waals surface area contributed by atoms with Crippen LogP contribution < -0.4 is 0 Å². The summed E-state index contributed by atoms with van der Waals surface area (Å²) in [6.45, 7) is 11.7. The van der Waals surface area contributed by atoms with E-state index in [0.717, 1.165) is 0 Å². The molecule has 0 atom stereocenters. The average molecular weight is 166 g/mol. The van der Waals surface area contributed by atoms with Crippen LogP contribution in [0, 0.1) is 0 Å². The van der Waals surface area contributed by atoms with E-state index in [2.05, 4.69) is 33.9 Å². The largest absolute Gasteiger partial charge is 0.0775 e. The van der Waals surface area contributed by atoms with Crippen LogP contribution in [0.4, 0.5) is 0 Å². The van der Waals surface area contributed by atoms with Crippen LogP contribution in [-0.4, -0.2) is 8.80 Å². The molecule has 0 aromatic heterocycles. The van der Waals surface area contributed by atoms with Crippen molar-refractivity contribution in [2.24, 2.45) is 0 Å². The Balaban J connectivity index is 2.93. The first-order valence-corrected chi connectivity index (χ1v) is 7.29. The Labute approximate surface area is 71.6 Å². The Morgan fingerprint density at radius 2 is 1.55 bits per heavy atom. The molecule has 0 saturated heterocycles. The van der Waals surface area contributed by atoms with Crippen molar-refractivity contribution in [3.63, 3.8) is 0 Å². The Morgan fingerprint density at radius 3 is 1.73 bits per heavy atom. The van der Waals surface area contributed by atoms with Gasteiger partial charge in [-0.05, 0) is 32.8 Å². The zero-order chi connectivity index (χ0) is 8.59. The van der Waals surface area contributed by atoms with E-state index in [-0.39, 0.29) is 0 Å². The van der Waals surface area contributed by atoms with E-state index in [0.29, 0.717) is 0 Å². The van der Waals surface area contributed by atoms with E-state index in [1.807, 2.05) is 0 Å². The molecule has 0 aromatic rings. The fourth-order valence-corrected chi connectivity index (χ4v) is 3.55. The first kappa shape index (κ1) is 8.79. The molecule has 0 heterocycles. The highest BCUT2D eigenvalue weighted by Gasteiger charge is 2.17. The van der Waals surface area contributed by atoms with Crippen molar-refractivity contribution in [1.29, 1.82) is 0 Å². The average Bonchev–Trinajstić information content (AvgIpc) is 2.17. The van der Waals surface area contributed by atoms with Gasteiger partial charge in [0.2, 0.25) is 0 Å². The first-order chi connectivity index (χ1) is 5.04. The van der Waals surface area contributed by atoms with Crippen molar-refractivity contribution in [1.82, 2.24) is 0 Å². The van der Waals surface area contributed by atoms with Crippen molar-refractivity contribution >= 4 is 8.80 Å². The molecule has 11 heavy (non-hydrogen) atoms. The molecule has 1 aliphatic carbocycles. The van der Waals surface area contributed by atoms with Gasteiger partial charge in [-0.25, -0.2) is 0 Å². The number of allylic oxidation sites excluding steroid dienone is 4. The van der Waals surface area contributed by atoms with E-state index < -0.39 is 8.80 Å². The van der Waals surface area contributed by atoms with Crippen LogP contribution in [0.15, 0.2) is 21.9 Å². The molecular formula is C10H18Si. The highest BCUT2D eigenvalue weighted by Crippen LogP contribution is 2.32. The molecule has 0 spiro atoms. The van der Waals surface area contributed by atoms with Crippen LogP contribution in [0.3, 0.4) is 0 Å². The van der Waals surface area contributed by atoms with Crippen LogP contribution in [0.5, 0.6) is 0 Å². The topological polar surface area (TPSA) is 0 Å². The van der Waals surface area contributed by atoms with Gasteiger partial charge < -0.3 is 0 Å². The van der Waals surface area contributed by atoms with Gasteiger partial charge in [0.05, 0.1) is 8.80 Å². The smallest absolute Gasteiger partial charge is 0.0603 e. The summed E-state index contributed by atoms with van der Waals surface area (Å²) in [5.41, 5.74) is 4.75. The van der Waals surface area contributed by atoms with Crippen LogP contribution in [0.1, 0.15) is 27.2 Å². The molecule has 0 fully saturated rings. The van der Waals surface area contributed by atoms with Crippen LogP contribution in [0.2, 0.25) is 13.1 Å². The maximum atomic E-state index is 2.42. The van der Waals surface area contributed by atoms with Crippen LogP contribution in [0.25, 0.3) is 0 Å². The molecule has 0 aliphatic heterocycles. The quantitative estimate of drug-likeness (QED) is 0.525. The molecule has 0 radical (unpaired) electrons. The van der Waals surface area contributed by atoms with Gasteiger partial charge in [-0.2, -0.15) is 0 Å². The second-order valence-corrected chi connectivity index (χ2v) is 6.89. The van der Waals surface area contributed by atoms with Gasteiger partial charge in [0.15, 0.2) is 0 Å². The molecule has 1 rings (SSSR count). The Bertz CT molecular complexity index is 231. The summed E-state index contributed by atoms with van der Waals surface area (Å²) in [7, 11) is -0.520. The van der Waals surface area contributed by atoms with Gasteiger partial charge >= 0.3 is 0 Å². The molecule has 1 heteroatoms. The summed E-state index contributed by atoms with van der Waals surface area (Å²) in [5.74, 6) is 0. The molecule has 1 aliphatic rings. The predicted molar refractivity (Wildman–Crippen MR) is 54.6 cm³/mol. The maximum Gasteiger partial charge on any atom is 0.0603 e. The molecule has 62 valence electrons. The monoisotopic (exact) mass is 166 g/mol. The zero-order valence-corrected chi connectivity index (χ0v) is 9.44. The van der Waals surface area contributed by atoms with Crippen molar-refractivity contribution in [2.45, 2.75) is 40.3 Å². The van der Waals surface area contributed by atoms with Gasteiger partial charge in [-0.15, -0.1) is 0 Å². The Hall–Kier alpha value is -0.303. The second kappa shape index (κ2) is 2.98. The predicted octanol–water partition coefficient (Wildman–Crippen LogP) is 3.07. The minimum absolute atomic E-state index is 0.520. The fraction of sp³-hybridized carbons (Fsp3) is 0.600. The third-order valence-electron chi connectivity index (χ3n) is 2.84. The molecule has 0 aromatic carbocycles. The van der Waals surface area contributed by atoms with E-state index in [1.165, 1.54) is 6.42 Å². The first-order valence-electron chi connectivity index (χ1n) is 4.40. The minimum atomic E-state index is -0.520. The highest BCUT2D eigenvalue weighted by atomic mass is 28.3. The summed E-state index contributed by atoms with van der Waals surface area (Å²) in [6, 6.07) is 0. The van der Waals surface area contributed by atoms with E-state index in [4.69, 9.17) is 0 Å². The molecular weight excluding hydrogens is 148 g/mol. The summed E-state index contributed by atoms with van der Waals surface area (Å²) in [6.07, 6.45) is 1.28. The molecule has 0 unspecified atom stereocenters. The molecule has 0 N–H and O–H groups in total. The normalized spacial score (nSPS) is 19.1. The summed E-state index contributed by atoms with van der Waals surface area (Å²) >= 11 is 0. The third kappa shape index (κ3) is 1.48. The molecule has 0 amide bonds. The lowest BCUT2D eigenvalue weighted by molar-refractivity contribution is 1.19. The van der Waals surface area contributed by atoms with Crippen LogP contribution >= 0.6 is 0 Å². The standard InChI is InChI=1S/C10H18Si/c1-7-6-10(11(4)5)9(3)8(7)2/h11H,6H2,1-5H3. The highest BCUT2D eigenvalue weighted by molar-refractivity contribution is 6.64. The second-order valence-electron chi connectivity index (χ2n) is 3.89. The molecule has 0 saturated carbocycles. The Morgan fingerprint density at radius 1 is 1.00 bits per heavy atom. The zero-order valence-electron chi connectivity index (χ0n) is 8.28. The van der Waals surface area contributed by atoms with E-state index >= 15 is 0 Å². The third-order valence-corrected chi connectivity index (χ3v) is 4.87. The van der Waals surface area contributed by atoms with Gasteiger partial charge in [0.25, 0.3) is 0 Å². The van der Waals surface area contributed by atoms with Crippen molar-refractivity contribution < 1.29 is 0 Å². The van der Waals surface area contributed by atoms with Gasteiger partial charge in [0, 0.05) is 0 Å². The van der Waals surface area contributed by atoms with Gasteiger partial charge in [-0.3, -0.25) is 0 Å². The summed E-state index contributed by atoms with van der Waals surface area (Å²) < 4.78 is 0. The van der Waals surface area contributed by atoms with Crippen molar-refractivity contribution in [2.75, 3.05) is 0 Å². The van der Waals surface area contributed by atoms with Crippen molar-refractivity contribution in [3.8, 4) is 0 Å². The SMILES string of the molecule is CC1=C(C)C(C)=C([SiH](C)C)C1. The lowest BCUT2D eigenvalue weighted by atomic mass is 10.1. The summed E-state index contributed by atoms with van der Waals surface area (Å²) in [5, 5.41) is 1.78. The lowest BCUT2D eigenvalue weighted by Gasteiger charge is -2.06. The lowest BCUT2D eigenvalue weighted by Crippen LogP contribution is -2.05. The number of hydrogen-bond donors (Lipinski definition) is 0. The van der Waals surface area contributed by atoms with Gasteiger partial charge in [0.1, 0.15) is 0 Å². The van der Waals surface area contributed by atoms with E-state index in [9.17, 15) is 0 Å². The van der Waals surface area contributed by atoms with Crippen LogP contribution in [-0.2, 0) is 0 Å². The summed E-state index contributed by atoms with van der Waals surface area (Å²) in [4.78, 5) is 0. The van der Waals surface area contributed by atoms with E-state index in [1.54, 1.807) is 21.9 Å². The van der Waals surface area contributed by atoms with Crippen molar-refractivity contribution in [3.05, 3.63) is 21.9 Å². The maximum absolute atomic E-state index is 2.42. The van der Waals surface area contributed by atoms with Gasteiger partial charge in [-0.1, -0.05) is 29.4 Å². The minimum Gasteiger partial charge on any atom is -0.0775 e. The fourth-order valence-electron chi connectivity index (χ4n) is 1.75. The number of hydrogen-bond acceptors (Lipinski definition) is 0. The Kier molecular flexibility index (Phi) is 2.38. The molecule has 0 nitrogen and oxygen atoms in total. The number of rotatable bonds is 1.